The largest absolute Gasteiger partial charge is 0.369 e. The molecule has 1 aromatic rings. The van der Waals surface area contributed by atoms with Crippen molar-refractivity contribution in [1.82, 2.24) is 0 Å². The van der Waals surface area contributed by atoms with Gasteiger partial charge >= 0.3 is 0 Å². The van der Waals surface area contributed by atoms with Crippen molar-refractivity contribution in [3.63, 3.8) is 0 Å². The second-order valence-corrected chi connectivity index (χ2v) is 7.09. The van der Waals surface area contributed by atoms with Gasteiger partial charge in [0, 0.05) is 10.7 Å². The molecule has 0 saturated heterocycles. The summed E-state index contributed by atoms with van der Waals surface area (Å²) in [4.78, 5) is 10.2. The lowest BCUT2D eigenvalue weighted by atomic mass is 9.87. The summed E-state index contributed by atoms with van der Waals surface area (Å²) in [5.74, 6) is 0.498. The predicted octanol–water partition coefficient (Wildman–Crippen LogP) is 3.24. The van der Waals surface area contributed by atoms with Gasteiger partial charge in [0.1, 0.15) is 5.66 Å². The van der Waals surface area contributed by atoms with E-state index >= 15 is 0 Å². The number of rotatable bonds is 1. The van der Waals surface area contributed by atoms with Crippen LogP contribution in [0.25, 0.3) is 0 Å². The molecule has 0 spiro atoms. The Kier molecular flexibility index (Phi) is 5.04. The first-order valence-electron chi connectivity index (χ1n) is 6.82. The van der Waals surface area contributed by atoms with E-state index in [2.05, 4.69) is 30.8 Å². The number of anilines is 1. The van der Waals surface area contributed by atoms with E-state index in [9.17, 15) is 0 Å². The van der Waals surface area contributed by atoms with Gasteiger partial charge in [0.15, 0.2) is 0 Å². The average molecular weight is 344 g/mol. The third-order valence-corrected chi connectivity index (χ3v) is 3.73. The zero-order valence-corrected chi connectivity index (χ0v) is 15.1. The van der Waals surface area contributed by atoms with Crippen LogP contribution in [0, 0.1) is 0 Å². The van der Waals surface area contributed by atoms with Crippen molar-refractivity contribution >= 4 is 41.6 Å². The van der Waals surface area contributed by atoms with E-state index in [1.165, 1.54) is 0 Å². The maximum Gasteiger partial charge on any atom is 0.220 e. The lowest BCUT2D eigenvalue weighted by Gasteiger charge is -2.38. The van der Waals surface area contributed by atoms with E-state index < -0.39 is 5.66 Å². The summed E-state index contributed by atoms with van der Waals surface area (Å²) in [6.45, 7) is 10.2. The van der Waals surface area contributed by atoms with Gasteiger partial charge < -0.3 is 11.5 Å². The van der Waals surface area contributed by atoms with Crippen LogP contribution in [0.5, 0.6) is 0 Å². The minimum absolute atomic E-state index is 0. The fourth-order valence-corrected chi connectivity index (χ4v) is 2.96. The number of benzene rings is 1. The molecule has 0 bridgehead atoms. The fourth-order valence-electron chi connectivity index (χ4n) is 2.50. The topological polar surface area (TPSA) is 80.0 Å². The van der Waals surface area contributed by atoms with E-state index in [-0.39, 0.29) is 23.8 Å². The van der Waals surface area contributed by atoms with Gasteiger partial charge in [-0.05, 0) is 37.0 Å². The van der Waals surface area contributed by atoms with Crippen LogP contribution in [-0.2, 0) is 5.41 Å². The molecule has 4 N–H and O–H groups in total. The molecule has 22 heavy (non-hydrogen) atoms. The first kappa shape index (κ1) is 18.6. The van der Waals surface area contributed by atoms with Gasteiger partial charge in [-0.2, -0.15) is 4.99 Å². The summed E-state index contributed by atoms with van der Waals surface area (Å²) in [6.07, 6.45) is 0. The Bertz CT molecular complexity index is 629. The maximum absolute atomic E-state index is 6.43. The van der Waals surface area contributed by atoms with Crippen molar-refractivity contribution in [2.45, 2.75) is 45.7 Å². The van der Waals surface area contributed by atoms with Crippen LogP contribution in [0.15, 0.2) is 28.2 Å². The summed E-state index contributed by atoms with van der Waals surface area (Å²) in [5, 5.41) is 0.700. The Labute approximate surface area is 142 Å². The molecular weight excluding hydrogens is 321 g/mol. The van der Waals surface area contributed by atoms with Gasteiger partial charge in [-0.3, -0.25) is 4.90 Å². The van der Waals surface area contributed by atoms with Gasteiger partial charge in [-0.15, -0.1) is 12.4 Å². The Morgan fingerprint density at radius 3 is 2.23 bits per heavy atom. The number of nitrogens with two attached hydrogens (primary N) is 2. The van der Waals surface area contributed by atoms with Crippen LogP contribution >= 0.6 is 24.0 Å². The van der Waals surface area contributed by atoms with Crippen LogP contribution in [0.3, 0.4) is 0 Å². The van der Waals surface area contributed by atoms with Crippen LogP contribution in [0.4, 0.5) is 5.69 Å². The Hall–Kier alpha value is -1.46. The number of hydrogen-bond acceptors (Lipinski definition) is 5. The zero-order chi connectivity index (χ0) is 16.0. The summed E-state index contributed by atoms with van der Waals surface area (Å²) >= 11 is 6.43. The molecule has 5 nitrogen and oxygen atoms in total. The third-order valence-electron chi connectivity index (χ3n) is 3.41. The summed E-state index contributed by atoms with van der Waals surface area (Å²) < 4.78 is 0. The predicted molar refractivity (Wildman–Crippen MR) is 97.2 cm³/mol. The number of nitrogens with zero attached hydrogens (tertiary/aromatic N) is 3. The number of halogens is 2. The minimum atomic E-state index is -0.609. The van der Waals surface area contributed by atoms with Crippen LogP contribution in [-0.4, -0.2) is 17.6 Å². The van der Waals surface area contributed by atoms with Gasteiger partial charge in [-0.1, -0.05) is 38.4 Å². The minimum Gasteiger partial charge on any atom is -0.369 e. The molecule has 122 valence electrons. The molecule has 0 fully saturated rings. The molecule has 0 aliphatic carbocycles. The standard InChI is InChI=1S/C15H22ClN5.ClH/c1-14(2,3)10-7-6-9(8-11(10)16)21-13(18)19-12(17)20-15(21,4)5;/h6-8H,1-5H3,(H4,17,18,19,20);1H. The zero-order valence-electron chi connectivity index (χ0n) is 13.5. The van der Waals surface area contributed by atoms with Gasteiger partial charge in [0.2, 0.25) is 11.9 Å². The van der Waals surface area contributed by atoms with Crippen molar-refractivity contribution in [2.75, 3.05) is 4.90 Å². The summed E-state index contributed by atoms with van der Waals surface area (Å²) in [5.41, 5.74) is 13.0. The van der Waals surface area contributed by atoms with Crippen molar-refractivity contribution in [2.24, 2.45) is 21.5 Å². The first-order chi connectivity index (χ1) is 9.52. The highest BCUT2D eigenvalue weighted by Gasteiger charge is 2.33. The van der Waals surface area contributed by atoms with E-state index in [1.807, 2.05) is 36.9 Å². The smallest absolute Gasteiger partial charge is 0.220 e. The second kappa shape index (κ2) is 5.97. The molecule has 0 radical (unpaired) electrons. The lowest BCUT2D eigenvalue weighted by Crippen LogP contribution is -2.54. The highest BCUT2D eigenvalue weighted by atomic mass is 35.5. The molecule has 1 aliphatic heterocycles. The first-order valence-corrected chi connectivity index (χ1v) is 7.20. The van der Waals surface area contributed by atoms with E-state index in [0.717, 1.165) is 11.3 Å². The SMILES string of the molecule is CC(C)(C)c1ccc(N2C(N)=NC(N)=NC2(C)C)cc1Cl.Cl. The molecule has 1 heterocycles. The van der Waals surface area contributed by atoms with E-state index in [0.29, 0.717) is 11.0 Å². The monoisotopic (exact) mass is 343 g/mol. The molecule has 1 aromatic carbocycles. The van der Waals surface area contributed by atoms with E-state index in [4.69, 9.17) is 23.1 Å². The van der Waals surface area contributed by atoms with Crippen molar-refractivity contribution < 1.29 is 0 Å². The van der Waals surface area contributed by atoms with Crippen LogP contribution in [0.2, 0.25) is 5.02 Å². The third kappa shape index (κ3) is 3.47. The lowest BCUT2D eigenvalue weighted by molar-refractivity contribution is 0.533. The van der Waals surface area contributed by atoms with Crippen LogP contribution in [0.1, 0.15) is 40.2 Å². The highest BCUT2D eigenvalue weighted by molar-refractivity contribution is 6.31. The molecule has 7 heteroatoms. The molecule has 2 rings (SSSR count). The normalized spacial score (nSPS) is 17.5. The Morgan fingerprint density at radius 2 is 1.77 bits per heavy atom. The molecule has 0 aromatic heterocycles. The Balaban J connectivity index is 0.00000242. The second-order valence-electron chi connectivity index (χ2n) is 6.68. The molecule has 0 saturated carbocycles. The average Bonchev–Trinajstić information content (AvgIpc) is 2.23. The molecule has 0 amide bonds. The van der Waals surface area contributed by atoms with Gasteiger partial charge in [0.25, 0.3) is 0 Å². The summed E-state index contributed by atoms with van der Waals surface area (Å²) in [7, 11) is 0. The van der Waals surface area contributed by atoms with E-state index in [1.54, 1.807) is 0 Å². The van der Waals surface area contributed by atoms with Crippen molar-refractivity contribution in [3.8, 4) is 0 Å². The fraction of sp³-hybridized carbons (Fsp3) is 0.467. The Morgan fingerprint density at radius 1 is 1.18 bits per heavy atom. The summed E-state index contributed by atoms with van der Waals surface area (Å²) in [6, 6.07) is 5.89. The quantitative estimate of drug-likeness (QED) is 0.821. The van der Waals surface area contributed by atoms with Crippen molar-refractivity contribution in [3.05, 3.63) is 28.8 Å². The number of guanidine groups is 2. The van der Waals surface area contributed by atoms with Crippen molar-refractivity contribution in [1.29, 1.82) is 0 Å². The number of aliphatic imine (C=N–C) groups is 2. The van der Waals surface area contributed by atoms with Gasteiger partial charge in [0.05, 0.1) is 0 Å². The molecule has 0 atom stereocenters. The maximum atomic E-state index is 6.43. The number of hydrogen-bond donors (Lipinski definition) is 2. The molecule has 0 unspecified atom stereocenters. The van der Waals surface area contributed by atoms with Crippen LogP contribution < -0.4 is 16.4 Å². The molecule has 1 aliphatic rings. The highest BCUT2D eigenvalue weighted by Crippen LogP contribution is 2.35. The molecular formula is C15H23Cl2N5. The van der Waals surface area contributed by atoms with Gasteiger partial charge in [-0.25, -0.2) is 4.99 Å².